The highest BCUT2D eigenvalue weighted by atomic mass is 79.9. The van der Waals surface area contributed by atoms with Crippen molar-refractivity contribution in [2.24, 2.45) is 0 Å². The summed E-state index contributed by atoms with van der Waals surface area (Å²) in [5.74, 6) is -0.0948. The molecule has 18 heavy (non-hydrogen) atoms. The number of phenols is 2. The van der Waals surface area contributed by atoms with E-state index in [-0.39, 0.29) is 34.0 Å². The molecule has 4 nitrogen and oxygen atoms in total. The van der Waals surface area contributed by atoms with Gasteiger partial charge in [-0.3, -0.25) is 0 Å². The number of hydrogen-bond acceptors (Lipinski definition) is 4. The Labute approximate surface area is 118 Å². The van der Waals surface area contributed by atoms with Crippen LogP contribution in [0, 0.1) is 0 Å². The van der Waals surface area contributed by atoms with Crippen molar-refractivity contribution >= 4 is 17.0 Å². The zero-order valence-electron chi connectivity index (χ0n) is 11.0. The Bertz CT molecular complexity index is 362. The van der Waals surface area contributed by atoms with Crippen LogP contribution in [0.15, 0.2) is 18.2 Å². The lowest BCUT2D eigenvalue weighted by Gasteiger charge is -2.26. The van der Waals surface area contributed by atoms with Crippen molar-refractivity contribution in [3.05, 3.63) is 23.8 Å². The molecule has 4 N–H and O–H groups in total. The van der Waals surface area contributed by atoms with Crippen LogP contribution in [0.1, 0.15) is 38.9 Å². The molecule has 1 atom stereocenters. The van der Waals surface area contributed by atoms with E-state index in [1.54, 1.807) is 0 Å². The van der Waals surface area contributed by atoms with E-state index in [0.717, 1.165) is 6.42 Å². The third-order valence-electron chi connectivity index (χ3n) is 2.97. The van der Waals surface area contributed by atoms with Gasteiger partial charge in [-0.1, -0.05) is 6.92 Å². The number of halogens is 1. The van der Waals surface area contributed by atoms with Gasteiger partial charge >= 0.3 is 0 Å². The van der Waals surface area contributed by atoms with Gasteiger partial charge in [-0.05, 0) is 38.0 Å². The summed E-state index contributed by atoms with van der Waals surface area (Å²) in [6, 6.07) is 4.13. The van der Waals surface area contributed by atoms with Crippen molar-refractivity contribution in [1.29, 1.82) is 0 Å². The standard InChI is InChI=1S/C13H21NO3.BrH/c1-4-13(2,3)14-8-12(17)9-5-10(15)7-11(16)6-9;/h5-7,12,14-17H,4,8H2,1-3H3;1H. The fourth-order valence-corrected chi connectivity index (χ4v) is 1.43. The maximum Gasteiger partial charge on any atom is 0.119 e. The van der Waals surface area contributed by atoms with Gasteiger partial charge in [0.05, 0.1) is 6.10 Å². The van der Waals surface area contributed by atoms with Gasteiger partial charge in [0.2, 0.25) is 0 Å². The zero-order valence-corrected chi connectivity index (χ0v) is 12.7. The smallest absolute Gasteiger partial charge is 0.119 e. The minimum absolute atomic E-state index is 0. The van der Waals surface area contributed by atoms with Gasteiger partial charge in [-0.2, -0.15) is 0 Å². The first-order chi connectivity index (χ1) is 7.84. The predicted octanol–water partition coefficient (Wildman–Crippen LogP) is 2.49. The number of aliphatic hydroxyl groups is 1. The molecule has 1 unspecified atom stereocenters. The van der Waals surface area contributed by atoms with Gasteiger partial charge < -0.3 is 20.6 Å². The van der Waals surface area contributed by atoms with Crippen molar-refractivity contribution in [2.75, 3.05) is 6.54 Å². The molecule has 0 bridgehead atoms. The maximum atomic E-state index is 9.94. The van der Waals surface area contributed by atoms with E-state index in [1.165, 1.54) is 18.2 Å². The van der Waals surface area contributed by atoms with Crippen molar-refractivity contribution in [1.82, 2.24) is 5.32 Å². The molecule has 1 rings (SSSR count). The minimum Gasteiger partial charge on any atom is -0.508 e. The lowest BCUT2D eigenvalue weighted by molar-refractivity contribution is 0.159. The Morgan fingerprint density at radius 2 is 1.67 bits per heavy atom. The second-order valence-corrected chi connectivity index (χ2v) is 4.92. The highest BCUT2D eigenvalue weighted by Crippen LogP contribution is 2.25. The minimum atomic E-state index is -0.751. The van der Waals surface area contributed by atoms with Gasteiger partial charge in [-0.15, -0.1) is 17.0 Å². The molecule has 104 valence electrons. The first kappa shape index (κ1) is 17.2. The van der Waals surface area contributed by atoms with Crippen LogP contribution >= 0.6 is 17.0 Å². The highest BCUT2D eigenvalue weighted by Gasteiger charge is 2.17. The molecule has 0 radical (unpaired) electrons. The summed E-state index contributed by atoms with van der Waals surface area (Å²) in [4.78, 5) is 0. The van der Waals surface area contributed by atoms with Crippen LogP contribution in [0.2, 0.25) is 0 Å². The average molecular weight is 320 g/mol. The van der Waals surface area contributed by atoms with Crippen LogP contribution < -0.4 is 5.32 Å². The third kappa shape index (κ3) is 5.25. The molecule has 0 aliphatic heterocycles. The van der Waals surface area contributed by atoms with E-state index >= 15 is 0 Å². The fourth-order valence-electron chi connectivity index (χ4n) is 1.43. The molecule has 0 aromatic heterocycles. The summed E-state index contributed by atoms with van der Waals surface area (Å²) in [5.41, 5.74) is 0.460. The molecule has 5 heteroatoms. The number of nitrogens with one attached hydrogen (secondary N) is 1. The number of rotatable bonds is 5. The monoisotopic (exact) mass is 319 g/mol. The van der Waals surface area contributed by atoms with Crippen LogP contribution in [-0.2, 0) is 0 Å². The largest absolute Gasteiger partial charge is 0.508 e. The van der Waals surface area contributed by atoms with Crippen LogP contribution in [0.25, 0.3) is 0 Å². The van der Waals surface area contributed by atoms with Gasteiger partial charge in [0, 0.05) is 18.2 Å². The van der Waals surface area contributed by atoms with Gasteiger partial charge in [0.15, 0.2) is 0 Å². The van der Waals surface area contributed by atoms with E-state index in [2.05, 4.69) is 26.1 Å². The van der Waals surface area contributed by atoms with Crippen LogP contribution in [0.4, 0.5) is 0 Å². The number of β-amino-alcohol motifs (C(OH)–C–C–N with tert-alkyl or cyclic N) is 1. The predicted molar refractivity (Wildman–Crippen MR) is 77.4 cm³/mol. The summed E-state index contributed by atoms with van der Waals surface area (Å²) in [5, 5.41) is 31.8. The Hall–Kier alpha value is -0.780. The second-order valence-electron chi connectivity index (χ2n) is 4.92. The molecule has 0 aliphatic carbocycles. The Morgan fingerprint density at radius 1 is 1.17 bits per heavy atom. The molecule has 0 fully saturated rings. The molecular formula is C13H22BrNO3. The Morgan fingerprint density at radius 3 is 2.11 bits per heavy atom. The highest BCUT2D eigenvalue weighted by molar-refractivity contribution is 8.93. The molecule has 0 saturated carbocycles. The number of aromatic hydroxyl groups is 2. The summed E-state index contributed by atoms with van der Waals surface area (Å²) < 4.78 is 0. The SMILES string of the molecule is Br.CCC(C)(C)NCC(O)c1cc(O)cc(O)c1. The van der Waals surface area contributed by atoms with Crippen molar-refractivity contribution < 1.29 is 15.3 Å². The summed E-state index contributed by atoms with van der Waals surface area (Å²) >= 11 is 0. The number of benzene rings is 1. The molecule has 0 amide bonds. The topological polar surface area (TPSA) is 72.7 Å². The summed E-state index contributed by atoms with van der Waals surface area (Å²) in [6.07, 6.45) is 0.198. The lowest BCUT2D eigenvalue weighted by Crippen LogP contribution is -2.40. The van der Waals surface area contributed by atoms with E-state index < -0.39 is 6.10 Å². The molecule has 1 aromatic rings. The molecule has 0 heterocycles. The molecule has 1 aromatic carbocycles. The van der Waals surface area contributed by atoms with E-state index in [0.29, 0.717) is 12.1 Å². The lowest BCUT2D eigenvalue weighted by atomic mass is 10.0. The van der Waals surface area contributed by atoms with E-state index in [9.17, 15) is 15.3 Å². The van der Waals surface area contributed by atoms with Crippen LogP contribution in [0.5, 0.6) is 11.5 Å². The summed E-state index contributed by atoms with van der Waals surface area (Å²) in [6.45, 7) is 6.56. The first-order valence-electron chi connectivity index (χ1n) is 5.80. The average Bonchev–Trinajstić information content (AvgIpc) is 2.24. The van der Waals surface area contributed by atoms with E-state index in [4.69, 9.17) is 0 Å². The Kier molecular flexibility index (Phi) is 6.67. The number of aliphatic hydroxyl groups excluding tert-OH is 1. The van der Waals surface area contributed by atoms with Gasteiger partial charge in [0.1, 0.15) is 11.5 Å². The quantitative estimate of drug-likeness (QED) is 0.673. The van der Waals surface area contributed by atoms with Gasteiger partial charge in [0.25, 0.3) is 0 Å². The van der Waals surface area contributed by atoms with Gasteiger partial charge in [-0.25, -0.2) is 0 Å². The molecular weight excluding hydrogens is 298 g/mol. The van der Waals surface area contributed by atoms with Crippen molar-refractivity contribution in [2.45, 2.75) is 38.8 Å². The first-order valence-corrected chi connectivity index (χ1v) is 5.80. The number of hydrogen-bond donors (Lipinski definition) is 4. The fraction of sp³-hybridized carbons (Fsp3) is 0.538. The van der Waals surface area contributed by atoms with Crippen LogP contribution in [-0.4, -0.2) is 27.4 Å². The van der Waals surface area contributed by atoms with Crippen molar-refractivity contribution in [3.63, 3.8) is 0 Å². The van der Waals surface area contributed by atoms with Crippen LogP contribution in [0.3, 0.4) is 0 Å². The second kappa shape index (κ2) is 6.97. The maximum absolute atomic E-state index is 9.94. The zero-order chi connectivity index (χ0) is 13.1. The molecule has 0 spiro atoms. The number of phenolic OH excluding ortho intramolecular Hbond substituents is 2. The molecule has 0 aliphatic rings. The molecule has 0 saturated heterocycles. The Balaban J connectivity index is 0.00000289. The van der Waals surface area contributed by atoms with Crippen molar-refractivity contribution in [3.8, 4) is 11.5 Å². The normalized spacial score (nSPS) is 12.9. The third-order valence-corrected chi connectivity index (χ3v) is 2.97. The summed E-state index contributed by atoms with van der Waals surface area (Å²) in [7, 11) is 0. The van der Waals surface area contributed by atoms with E-state index in [1.807, 2.05) is 0 Å².